The first-order valence-electron chi connectivity index (χ1n) is 6.85. The molecule has 1 amide bonds. The summed E-state index contributed by atoms with van der Waals surface area (Å²) in [6, 6.07) is 15.3. The van der Waals surface area contributed by atoms with Crippen LogP contribution in [0.1, 0.15) is 16.7 Å². The van der Waals surface area contributed by atoms with Crippen molar-refractivity contribution in [3.05, 3.63) is 81.9 Å². The monoisotopic (exact) mass is 311 g/mol. The van der Waals surface area contributed by atoms with Gasteiger partial charge in [-0.15, -0.1) is 0 Å². The lowest BCUT2D eigenvalue weighted by molar-refractivity contribution is -0.125. The van der Waals surface area contributed by atoms with Crippen molar-refractivity contribution >= 4 is 29.3 Å². The molecule has 0 saturated heterocycles. The van der Waals surface area contributed by atoms with Crippen LogP contribution in [0.4, 0.5) is 0 Å². The highest BCUT2D eigenvalue weighted by Gasteiger charge is 2.18. The molecule has 0 bridgehead atoms. The fourth-order valence-electron chi connectivity index (χ4n) is 2.12. The van der Waals surface area contributed by atoms with Crippen molar-refractivity contribution in [2.75, 3.05) is 0 Å². The second-order valence-electron chi connectivity index (χ2n) is 5.03. The molecule has 0 fully saturated rings. The Labute approximate surface area is 133 Å². The van der Waals surface area contributed by atoms with Crippen LogP contribution >= 0.6 is 11.6 Å². The number of halogens is 1. The largest absolute Gasteiger partial charge is 0.379 e. The van der Waals surface area contributed by atoms with E-state index in [1.807, 2.05) is 49.4 Å². The lowest BCUT2D eigenvalue weighted by Crippen LogP contribution is -2.28. The molecule has 0 aromatic heterocycles. The van der Waals surface area contributed by atoms with Gasteiger partial charge in [0.25, 0.3) is 5.91 Å². The van der Waals surface area contributed by atoms with Gasteiger partial charge in [0.15, 0.2) is 5.76 Å². The van der Waals surface area contributed by atoms with Gasteiger partial charge in [-0.05, 0) is 30.7 Å². The Bertz CT molecular complexity index is 776. The Balaban J connectivity index is 1.99. The molecular formula is C18H14ClNO2. The highest BCUT2D eigenvalue weighted by Crippen LogP contribution is 2.24. The van der Waals surface area contributed by atoms with E-state index < -0.39 is 0 Å². The van der Waals surface area contributed by atoms with Gasteiger partial charge in [0.1, 0.15) is 0 Å². The zero-order chi connectivity index (χ0) is 15.5. The minimum Gasteiger partial charge on any atom is -0.379 e. The number of hydrogen-bond donors (Lipinski definition) is 1. The Hall–Kier alpha value is -2.52. The van der Waals surface area contributed by atoms with Crippen LogP contribution in [0.3, 0.4) is 0 Å². The highest BCUT2D eigenvalue weighted by atomic mass is 35.5. The zero-order valence-corrected chi connectivity index (χ0v) is 12.7. The zero-order valence-electron chi connectivity index (χ0n) is 12.0. The quantitative estimate of drug-likeness (QED) is 0.847. The van der Waals surface area contributed by atoms with Crippen molar-refractivity contribution in [1.82, 2.24) is 5.48 Å². The molecule has 0 radical (unpaired) electrons. The van der Waals surface area contributed by atoms with Crippen LogP contribution in [0.25, 0.3) is 11.8 Å². The van der Waals surface area contributed by atoms with Crippen molar-refractivity contribution < 1.29 is 9.63 Å². The van der Waals surface area contributed by atoms with E-state index in [9.17, 15) is 4.79 Å². The Morgan fingerprint density at radius 3 is 2.55 bits per heavy atom. The summed E-state index contributed by atoms with van der Waals surface area (Å²) < 4.78 is 0. The molecule has 0 atom stereocenters. The van der Waals surface area contributed by atoms with Gasteiger partial charge in [0.2, 0.25) is 0 Å². The maximum atomic E-state index is 11.9. The molecular weight excluding hydrogens is 298 g/mol. The van der Waals surface area contributed by atoms with E-state index in [2.05, 4.69) is 5.48 Å². The second kappa shape index (κ2) is 6.08. The average molecular weight is 312 g/mol. The number of nitrogens with one attached hydrogen (secondary N) is 1. The number of rotatable bonds is 2. The molecule has 0 saturated carbocycles. The van der Waals surface area contributed by atoms with Crippen LogP contribution in [0.5, 0.6) is 0 Å². The van der Waals surface area contributed by atoms with E-state index >= 15 is 0 Å². The first-order valence-corrected chi connectivity index (χ1v) is 7.23. The Kier molecular flexibility index (Phi) is 3.98. The van der Waals surface area contributed by atoms with Crippen molar-refractivity contribution in [2.24, 2.45) is 0 Å². The summed E-state index contributed by atoms with van der Waals surface area (Å²) in [5.74, 6) is 0.300. The van der Waals surface area contributed by atoms with E-state index in [-0.39, 0.29) is 5.91 Å². The van der Waals surface area contributed by atoms with Crippen molar-refractivity contribution in [2.45, 2.75) is 6.92 Å². The highest BCUT2D eigenvalue weighted by molar-refractivity contribution is 6.32. The van der Waals surface area contributed by atoms with Gasteiger partial charge in [0.05, 0.1) is 0 Å². The van der Waals surface area contributed by atoms with Crippen LogP contribution in [0.15, 0.2) is 60.2 Å². The summed E-state index contributed by atoms with van der Waals surface area (Å²) in [4.78, 5) is 17.3. The topological polar surface area (TPSA) is 38.3 Å². The third-order valence-corrected chi connectivity index (χ3v) is 3.70. The molecule has 0 spiro atoms. The van der Waals surface area contributed by atoms with Gasteiger partial charge < -0.3 is 4.84 Å². The van der Waals surface area contributed by atoms with Crippen LogP contribution in [-0.4, -0.2) is 5.91 Å². The molecule has 2 aromatic carbocycles. The van der Waals surface area contributed by atoms with Gasteiger partial charge in [-0.1, -0.05) is 59.6 Å². The van der Waals surface area contributed by atoms with E-state index in [0.717, 1.165) is 16.7 Å². The molecule has 3 rings (SSSR count). The number of amides is 1. The molecule has 0 aliphatic carbocycles. The lowest BCUT2D eigenvalue weighted by atomic mass is 10.1. The first kappa shape index (κ1) is 14.4. The van der Waals surface area contributed by atoms with Crippen LogP contribution in [0.2, 0.25) is 5.02 Å². The maximum absolute atomic E-state index is 11.9. The minimum absolute atomic E-state index is 0.296. The van der Waals surface area contributed by atoms with Gasteiger partial charge >= 0.3 is 0 Å². The van der Waals surface area contributed by atoms with E-state index in [0.29, 0.717) is 16.4 Å². The predicted octanol–water partition coefficient (Wildman–Crippen LogP) is 4.13. The van der Waals surface area contributed by atoms with Crippen molar-refractivity contribution in [3.63, 3.8) is 0 Å². The number of carbonyl (C=O) groups is 1. The van der Waals surface area contributed by atoms with Crippen LogP contribution in [-0.2, 0) is 9.63 Å². The smallest absolute Gasteiger partial charge is 0.284 e. The summed E-state index contributed by atoms with van der Waals surface area (Å²) in [7, 11) is 0. The Morgan fingerprint density at radius 2 is 1.82 bits per heavy atom. The molecule has 1 heterocycles. The van der Waals surface area contributed by atoms with E-state index in [4.69, 9.17) is 16.4 Å². The van der Waals surface area contributed by atoms with E-state index in [1.165, 1.54) is 0 Å². The number of aryl methyl sites for hydroxylation is 1. The maximum Gasteiger partial charge on any atom is 0.284 e. The minimum atomic E-state index is -0.296. The third-order valence-electron chi connectivity index (χ3n) is 3.35. The first-order chi connectivity index (χ1) is 10.6. The molecule has 1 N–H and O–H groups in total. The fraction of sp³-hybridized carbons (Fsp3) is 0.0556. The standard InChI is InChI=1S/C18H14ClNO2/c1-12-6-8-13(9-7-12)17-11-15(18(21)20-22-17)10-14-4-2-3-5-16(14)19/h2-11H,1H3,(H,20,21). The lowest BCUT2D eigenvalue weighted by Gasteiger charge is -2.17. The molecule has 22 heavy (non-hydrogen) atoms. The SMILES string of the molecule is Cc1ccc(C2=CC(=Cc3ccccc3Cl)C(=O)NO2)cc1. The fourth-order valence-corrected chi connectivity index (χ4v) is 2.31. The second-order valence-corrected chi connectivity index (χ2v) is 5.44. The summed E-state index contributed by atoms with van der Waals surface area (Å²) in [5.41, 5.74) is 5.76. The molecule has 4 heteroatoms. The molecule has 110 valence electrons. The predicted molar refractivity (Wildman–Crippen MR) is 87.8 cm³/mol. The van der Waals surface area contributed by atoms with Gasteiger partial charge in [0, 0.05) is 16.2 Å². The molecule has 0 unspecified atom stereocenters. The normalized spacial score (nSPS) is 16.0. The van der Waals surface area contributed by atoms with Crippen LogP contribution < -0.4 is 5.48 Å². The van der Waals surface area contributed by atoms with Gasteiger partial charge in [-0.25, -0.2) is 0 Å². The summed E-state index contributed by atoms with van der Waals surface area (Å²) in [6.07, 6.45) is 3.46. The van der Waals surface area contributed by atoms with Crippen molar-refractivity contribution in [3.8, 4) is 0 Å². The summed E-state index contributed by atoms with van der Waals surface area (Å²) >= 11 is 6.13. The average Bonchev–Trinajstić information content (AvgIpc) is 2.52. The number of carbonyl (C=O) groups excluding carboxylic acids is 1. The van der Waals surface area contributed by atoms with Crippen molar-refractivity contribution in [1.29, 1.82) is 0 Å². The number of hydrogen-bond acceptors (Lipinski definition) is 2. The molecule has 2 aromatic rings. The molecule has 3 nitrogen and oxygen atoms in total. The molecule has 1 aliphatic heterocycles. The number of benzene rings is 2. The third kappa shape index (κ3) is 3.05. The summed E-state index contributed by atoms with van der Waals surface area (Å²) in [6.45, 7) is 2.02. The Morgan fingerprint density at radius 1 is 1.09 bits per heavy atom. The summed E-state index contributed by atoms with van der Waals surface area (Å²) in [5, 5.41) is 0.597. The van der Waals surface area contributed by atoms with E-state index in [1.54, 1.807) is 18.2 Å². The van der Waals surface area contributed by atoms with Gasteiger partial charge in [-0.2, -0.15) is 5.48 Å². The number of hydroxylamine groups is 1. The van der Waals surface area contributed by atoms with Gasteiger partial charge in [-0.3, -0.25) is 4.79 Å². The molecule has 1 aliphatic rings. The van der Waals surface area contributed by atoms with Crippen LogP contribution in [0, 0.1) is 6.92 Å².